The molecule has 0 spiro atoms. The fourth-order valence-electron chi connectivity index (χ4n) is 2.25. The van der Waals surface area contributed by atoms with Crippen LogP contribution in [0.5, 0.6) is 0 Å². The Bertz CT molecular complexity index is 435. The van der Waals surface area contributed by atoms with Crippen LogP contribution in [-0.4, -0.2) is 41.0 Å². The van der Waals surface area contributed by atoms with Crippen LogP contribution in [0.1, 0.15) is 32.0 Å². The van der Waals surface area contributed by atoms with Crippen molar-refractivity contribution < 1.29 is 13.2 Å². The summed E-state index contributed by atoms with van der Waals surface area (Å²) in [6, 6.07) is 0. The van der Waals surface area contributed by atoms with Crippen molar-refractivity contribution in [1.29, 1.82) is 0 Å². The number of aromatic amines is 1. The Morgan fingerprint density at radius 3 is 2.55 bits per heavy atom. The molecule has 5 nitrogen and oxygen atoms in total. The number of hydrogen-bond acceptors (Lipinski definition) is 4. The largest absolute Gasteiger partial charge is 0.389 e. The van der Waals surface area contributed by atoms with Crippen molar-refractivity contribution in [2.75, 3.05) is 24.5 Å². The summed E-state index contributed by atoms with van der Waals surface area (Å²) in [5.74, 6) is 0.769. The smallest absolute Gasteiger partial charge is 0.340 e. The number of hydrogen-bond donors (Lipinski definition) is 2. The highest BCUT2D eigenvalue weighted by Gasteiger charge is 2.30. The molecule has 1 aliphatic rings. The lowest BCUT2D eigenvalue weighted by Crippen LogP contribution is -2.42. The molecule has 114 valence electrons. The van der Waals surface area contributed by atoms with Crippen LogP contribution in [0.2, 0.25) is 0 Å². The summed E-state index contributed by atoms with van der Waals surface area (Å²) in [5, 5.41) is 6.59. The van der Waals surface area contributed by atoms with Crippen molar-refractivity contribution in [3.8, 4) is 0 Å². The van der Waals surface area contributed by atoms with Gasteiger partial charge in [-0.25, -0.2) is 0 Å². The quantitative estimate of drug-likeness (QED) is 0.888. The summed E-state index contributed by atoms with van der Waals surface area (Å²) in [5.41, 5.74) is 5.89. The van der Waals surface area contributed by atoms with E-state index < -0.39 is 12.6 Å². The van der Waals surface area contributed by atoms with Crippen LogP contribution in [0, 0.1) is 5.41 Å². The molecule has 0 saturated carbocycles. The number of piperidine rings is 1. The van der Waals surface area contributed by atoms with Crippen LogP contribution in [0.15, 0.2) is 0 Å². The number of aryl methyl sites for hydroxylation is 1. The van der Waals surface area contributed by atoms with E-state index in [9.17, 15) is 13.2 Å². The highest BCUT2D eigenvalue weighted by atomic mass is 19.4. The fraction of sp³-hybridized carbons (Fsp3) is 0.833. The Balaban J connectivity index is 1.90. The molecule has 1 fully saturated rings. The zero-order valence-corrected chi connectivity index (χ0v) is 11.5. The molecule has 1 aliphatic heterocycles. The molecule has 0 amide bonds. The molecule has 0 aromatic carbocycles. The molecule has 2 heterocycles. The number of rotatable bonds is 4. The molecular weight excluding hydrogens is 271 g/mol. The summed E-state index contributed by atoms with van der Waals surface area (Å²) in [4.78, 5) is 6.13. The normalized spacial score (nSPS) is 19.4. The van der Waals surface area contributed by atoms with Gasteiger partial charge in [0.15, 0.2) is 0 Å². The van der Waals surface area contributed by atoms with Gasteiger partial charge >= 0.3 is 6.18 Å². The molecular formula is C12H20F3N5. The monoisotopic (exact) mass is 291 g/mol. The zero-order chi connectivity index (χ0) is 14.8. The predicted molar refractivity (Wildman–Crippen MR) is 69.4 cm³/mol. The molecule has 1 aromatic rings. The molecule has 2 rings (SSSR count). The first-order valence-electron chi connectivity index (χ1n) is 6.74. The maximum Gasteiger partial charge on any atom is 0.389 e. The molecule has 0 unspecified atom stereocenters. The van der Waals surface area contributed by atoms with Gasteiger partial charge in [-0.05, 0) is 24.8 Å². The van der Waals surface area contributed by atoms with E-state index in [1.807, 2.05) is 4.90 Å². The second-order valence-corrected chi connectivity index (χ2v) is 5.70. The van der Waals surface area contributed by atoms with Gasteiger partial charge in [0, 0.05) is 19.5 Å². The minimum atomic E-state index is -4.17. The minimum Gasteiger partial charge on any atom is -0.340 e. The lowest BCUT2D eigenvalue weighted by atomic mass is 9.81. The van der Waals surface area contributed by atoms with Crippen molar-refractivity contribution in [1.82, 2.24) is 15.2 Å². The number of aromatic nitrogens is 3. The average molecular weight is 291 g/mol. The summed E-state index contributed by atoms with van der Waals surface area (Å²) in [6.45, 7) is 4.36. The van der Waals surface area contributed by atoms with E-state index in [1.165, 1.54) is 0 Å². The van der Waals surface area contributed by atoms with Crippen molar-refractivity contribution in [3.05, 3.63) is 5.82 Å². The van der Waals surface area contributed by atoms with Crippen LogP contribution < -0.4 is 10.6 Å². The van der Waals surface area contributed by atoms with E-state index in [-0.39, 0.29) is 17.7 Å². The molecule has 3 N–H and O–H groups in total. The molecule has 0 radical (unpaired) electrons. The first kappa shape index (κ1) is 15.1. The van der Waals surface area contributed by atoms with Gasteiger partial charge in [0.2, 0.25) is 5.95 Å². The topological polar surface area (TPSA) is 70.8 Å². The maximum atomic E-state index is 12.1. The lowest BCUT2D eigenvalue weighted by molar-refractivity contribution is -0.134. The summed E-state index contributed by atoms with van der Waals surface area (Å²) in [7, 11) is 0. The van der Waals surface area contributed by atoms with Gasteiger partial charge in [0.1, 0.15) is 5.82 Å². The van der Waals surface area contributed by atoms with Gasteiger partial charge < -0.3 is 10.6 Å². The third-order valence-corrected chi connectivity index (χ3v) is 3.91. The van der Waals surface area contributed by atoms with Crippen LogP contribution in [0.25, 0.3) is 0 Å². The number of nitrogens with zero attached hydrogens (tertiary/aromatic N) is 3. The molecule has 0 aliphatic carbocycles. The lowest BCUT2D eigenvalue weighted by Gasteiger charge is -2.38. The summed E-state index contributed by atoms with van der Waals surface area (Å²) in [6.07, 6.45) is -3.33. The van der Waals surface area contributed by atoms with Gasteiger partial charge in [-0.15, -0.1) is 5.10 Å². The second kappa shape index (κ2) is 5.59. The van der Waals surface area contributed by atoms with Crippen molar-refractivity contribution in [2.45, 2.75) is 38.8 Å². The van der Waals surface area contributed by atoms with Crippen LogP contribution in [-0.2, 0) is 6.42 Å². The number of halogens is 3. The first-order valence-corrected chi connectivity index (χ1v) is 6.74. The van der Waals surface area contributed by atoms with E-state index in [1.54, 1.807) is 0 Å². The molecule has 20 heavy (non-hydrogen) atoms. The Labute approximate surface area is 115 Å². The van der Waals surface area contributed by atoms with Gasteiger partial charge in [-0.3, -0.25) is 5.10 Å². The number of nitrogens with two attached hydrogens (primary N) is 1. The van der Waals surface area contributed by atoms with Crippen molar-refractivity contribution in [2.24, 2.45) is 11.1 Å². The highest BCUT2D eigenvalue weighted by molar-refractivity contribution is 5.29. The van der Waals surface area contributed by atoms with Crippen LogP contribution >= 0.6 is 0 Å². The molecule has 8 heteroatoms. The van der Waals surface area contributed by atoms with Gasteiger partial charge in [-0.1, -0.05) is 6.92 Å². The average Bonchev–Trinajstić information content (AvgIpc) is 2.85. The molecule has 0 bridgehead atoms. The number of nitrogens with one attached hydrogen (secondary N) is 1. The fourth-order valence-corrected chi connectivity index (χ4v) is 2.25. The third kappa shape index (κ3) is 3.84. The maximum absolute atomic E-state index is 12.1. The van der Waals surface area contributed by atoms with E-state index >= 15 is 0 Å². The van der Waals surface area contributed by atoms with Crippen molar-refractivity contribution in [3.63, 3.8) is 0 Å². The predicted octanol–water partition coefficient (Wildman–Crippen LogP) is 1.86. The van der Waals surface area contributed by atoms with Crippen molar-refractivity contribution >= 4 is 5.95 Å². The Morgan fingerprint density at radius 2 is 2.00 bits per heavy atom. The molecule has 1 aromatic heterocycles. The summed E-state index contributed by atoms with van der Waals surface area (Å²) >= 11 is 0. The first-order chi connectivity index (χ1) is 9.31. The van der Waals surface area contributed by atoms with Crippen LogP contribution in [0.4, 0.5) is 19.1 Å². The molecule has 1 saturated heterocycles. The number of alkyl halides is 3. The standard InChI is InChI=1S/C12H20F3N5/c1-11(8-16)4-6-20(7-5-11)10-17-9(18-19-10)2-3-12(13,14)15/h2-8,16H2,1H3,(H,17,18,19). The van der Waals surface area contributed by atoms with Crippen LogP contribution in [0.3, 0.4) is 0 Å². The Morgan fingerprint density at radius 1 is 1.35 bits per heavy atom. The zero-order valence-electron chi connectivity index (χ0n) is 11.5. The van der Waals surface area contributed by atoms with Gasteiger partial charge in [0.05, 0.1) is 6.42 Å². The second-order valence-electron chi connectivity index (χ2n) is 5.70. The number of H-pyrrole nitrogens is 1. The number of anilines is 1. The SMILES string of the molecule is CC1(CN)CCN(c2n[nH]c(CCC(F)(F)F)n2)CC1. The van der Waals surface area contributed by atoms with E-state index in [0.29, 0.717) is 12.5 Å². The minimum absolute atomic E-state index is 0.145. The Hall–Kier alpha value is -1.31. The van der Waals surface area contributed by atoms with Gasteiger partial charge in [-0.2, -0.15) is 18.2 Å². The molecule has 0 atom stereocenters. The van der Waals surface area contributed by atoms with E-state index in [0.717, 1.165) is 25.9 Å². The Kier molecular flexibility index (Phi) is 4.22. The van der Waals surface area contributed by atoms with Gasteiger partial charge in [0.25, 0.3) is 0 Å². The summed E-state index contributed by atoms with van der Waals surface area (Å²) < 4.78 is 36.4. The highest BCUT2D eigenvalue weighted by Crippen LogP contribution is 2.30. The van der Waals surface area contributed by atoms with E-state index in [4.69, 9.17) is 5.73 Å². The van der Waals surface area contributed by atoms with E-state index in [2.05, 4.69) is 22.1 Å². The third-order valence-electron chi connectivity index (χ3n) is 3.91.